The predicted octanol–water partition coefficient (Wildman–Crippen LogP) is 14.2. The lowest BCUT2D eigenvalue weighted by atomic mass is 9.64. The molecule has 0 radical (unpaired) electrons. The van der Waals surface area contributed by atoms with Gasteiger partial charge in [-0.25, -0.2) is 0 Å². The second-order valence-electron chi connectivity index (χ2n) is 15.5. The Balaban J connectivity index is 4.20. The van der Waals surface area contributed by atoms with Crippen molar-refractivity contribution in [3.8, 4) is 0 Å². The van der Waals surface area contributed by atoms with Gasteiger partial charge in [-0.1, -0.05) is 186 Å². The molecule has 0 spiro atoms. The lowest BCUT2D eigenvalue weighted by Crippen LogP contribution is -2.34. The van der Waals surface area contributed by atoms with Crippen molar-refractivity contribution < 1.29 is 0 Å². The zero-order valence-electron chi connectivity index (χ0n) is 29.8. The Bertz CT molecular complexity index is 532. The molecule has 0 bridgehead atoms. The number of hydrogen-bond acceptors (Lipinski definition) is 0. The second-order valence-corrected chi connectivity index (χ2v) is 15.5. The maximum absolute atomic E-state index is 2.55. The molecule has 0 N–H and O–H groups in total. The van der Waals surface area contributed by atoms with Gasteiger partial charge in [0.15, 0.2) is 0 Å². The Kier molecular flexibility index (Phi) is 22.6. The summed E-state index contributed by atoms with van der Waals surface area (Å²) in [6, 6.07) is 0. The lowest BCUT2D eigenvalue weighted by molar-refractivity contribution is 0.0770. The molecule has 236 valence electrons. The van der Waals surface area contributed by atoms with Gasteiger partial charge in [0.2, 0.25) is 0 Å². The van der Waals surface area contributed by atoms with Gasteiger partial charge in [-0.3, -0.25) is 0 Å². The SMILES string of the molecule is CCCC(C)CCCCC(C)CCCCC(C)CCC(CC)CC(C)CCC(CC)C(C)C(C)(C)C(C)CC. The highest BCUT2D eigenvalue weighted by molar-refractivity contribution is 4.84. The van der Waals surface area contributed by atoms with Crippen molar-refractivity contribution in [2.24, 2.45) is 52.8 Å². The van der Waals surface area contributed by atoms with Gasteiger partial charge in [0, 0.05) is 0 Å². The Morgan fingerprint density at radius 2 is 0.923 bits per heavy atom. The van der Waals surface area contributed by atoms with Crippen LogP contribution >= 0.6 is 0 Å². The molecule has 0 aliphatic rings. The Hall–Kier alpha value is 0. The molecule has 0 heterocycles. The largest absolute Gasteiger partial charge is 0.0654 e. The smallest absolute Gasteiger partial charge is 0.0300 e. The van der Waals surface area contributed by atoms with Gasteiger partial charge >= 0.3 is 0 Å². The van der Waals surface area contributed by atoms with Gasteiger partial charge in [-0.05, 0) is 65.6 Å². The van der Waals surface area contributed by atoms with E-state index < -0.39 is 0 Å². The predicted molar refractivity (Wildman–Crippen MR) is 182 cm³/mol. The minimum absolute atomic E-state index is 0.450. The van der Waals surface area contributed by atoms with E-state index in [1.807, 2.05) is 0 Å². The van der Waals surface area contributed by atoms with Gasteiger partial charge in [0.05, 0.1) is 0 Å². The highest BCUT2D eigenvalue weighted by Gasteiger charge is 2.35. The van der Waals surface area contributed by atoms with Crippen molar-refractivity contribution >= 4 is 0 Å². The molecular formula is C39H80. The molecule has 8 atom stereocenters. The molecule has 0 aromatic rings. The van der Waals surface area contributed by atoms with Gasteiger partial charge in [0.1, 0.15) is 0 Å². The average molecular weight is 549 g/mol. The normalized spacial score (nSPS) is 18.8. The van der Waals surface area contributed by atoms with Crippen molar-refractivity contribution in [3.05, 3.63) is 0 Å². The fourth-order valence-electron chi connectivity index (χ4n) is 7.48. The van der Waals surface area contributed by atoms with Crippen LogP contribution in [0.15, 0.2) is 0 Å². The summed E-state index contributed by atoms with van der Waals surface area (Å²) >= 11 is 0. The monoisotopic (exact) mass is 549 g/mol. The van der Waals surface area contributed by atoms with Crippen molar-refractivity contribution in [1.82, 2.24) is 0 Å². The van der Waals surface area contributed by atoms with Crippen LogP contribution in [0, 0.1) is 52.8 Å². The summed E-state index contributed by atoms with van der Waals surface area (Å²) in [5.74, 6) is 7.12. The quantitative estimate of drug-likeness (QED) is 0.0943. The third-order valence-corrected chi connectivity index (χ3v) is 11.8. The molecule has 0 fully saturated rings. The highest BCUT2D eigenvalue weighted by atomic mass is 14.4. The van der Waals surface area contributed by atoms with Gasteiger partial charge < -0.3 is 0 Å². The minimum atomic E-state index is 0.450. The van der Waals surface area contributed by atoms with Gasteiger partial charge in [0.25, 0.3) is 0 Å². The summed E-state index contributed by atoms with van der Waals surface area (Å²) in [5, 5.41) is 0. The minimum Gasteiger partial charge on any atom is -0.0654 e. The second kappa shape index (κ2) is 22.6. The van der Waals surface area contributed by atoms with Crippen molar-refractivity contribution in [2.75, 3.05) is 0 Å². The molecule has 0 nitrogen and oxygen atoms in total. The number of hydrogen-bond donors (Lipinski definition) is 0. The van der Waals surface area contributed by atoms with Crippen LogP contribution < -0.4 is 0 Å². The van der Waals surface area contributed by atoms with E-state index in [2.05, 4.69) is 83.1 Å². The Morgan fingerprint density at radius 3 is 1.36 bits per heavy atom. The van der Waals surface area contributed by atoms with Crippen molar-refractivity contribution in [3.63, 3.8) is 0 Å². The molecule has 0 aliphatic heterocycles. The van der Waals surface area contributed by atoms with E-state index in [9.17, 15) is 0 Å². The Labute approximate surface area is 251 Å². The first-order chi connectivity index (χ1) is 18.4. The van der Waals surface area contributed by atoms with Gasteiger partial charge in [-0.2, -0.15) is 0 Å². The number of rotatable bonds is 26. The maximum Gasteiger partial charge on any atom is -0.0300 e. The fourth-order valence-corrected chi connectivity index (χ4v) is 7.48. The van der Waals surface area contributed by atoms with Crippen LogP contribution in [-0.4, -0.2) is 0 Å². The summed E-state index contributed by atoms with van der Waals surface area (Å²) < 4.78 is 0. The van der Waals surface area contributed by atoms with E-state index in [-0.39, 0.29) is 0 Å². The fraction of sp³-hybridized carbons (Fsp3) is 1.00. The third-order valence-electron chi connectivity index (χ3n) is 11.8. The molecular weight excluding hydrogens is 468 g/mol. The van der Waals surface area contributed by atoms with Crippen LogP contribution in [0.5, 0.6) is 0 Å². The summed E-state index contributed by atoms with van der Waals surface area (Å²) in [5.41, 5.74) is 0.450. The van der Waals surface area contributed by atoms with E-state index in [0.717, 1.165) is 47.3 Å². The molecule has 39 heavy (non-hydrogen) atoms. The third kappa shape index (κ3) is 17.5. The molecule has 0 amide bonds. The standard InChI is InChI=1S/C39H80/c1-13-21-31(5)22-17-18-23-32(6)24-19-20-25-33(7)26-28-37(15-3)30-34(8)27-29-38(16-4)36(10)39(11,12)35(9)14-2/h31-38H,13-30H2,1-12H3. The van der Waals surface area contributed by atoms with E-state index >= 15 is 0 Å². The molecule has 0 aromatic carbocycles. The first kappa shape index (κ1) is 39.0. The van der Waals surface area contributed by atoms with Crippen molar-refractivity contribution in [1.29, 1.82) is 0 Å². The number of unbranched alkanes of at least 4 members (excludes halogenated alkanes) is 2. The zero-order chi connectivity index (χ0) is 29.8. The molecule has 0 heteroatoms. The summed E-state index contributed by atoms with van der Waals surface area (Å²) in [4.78, 5) is 0. The van der Waals surface area contributed by atoms with Crippen LogP contribution in [0.25, 0.3) is 0 Å². The summed E-state index contributed by atoms with van der Waals surface area (Å²) in [6.07, 6.45) is 25.7. The molecule has 0 saturated heterocycles. The van der Waals surface area contributed by atoms with Crippen LogP contribution in [0.4, 0.5) is 0 Å². The summed E-state index contributed by atoms with van der Waals surface area (Å²) in [6.45, 7) is 29.7. The van der Waals surface area contributed by atoms with Crippen LogP contribution in [0.3, 0.4) is 0 Å². The van der Waals surface area contributed by atoms with E-state index in [4.69, 9.17) is 0 Å². The first-order valence-corrected chi connectivity index (χ1v) is 18.4. The molecule has 0 saturated carbocycles. The average Bonchev–Trinajstić information content (AvgIpc) is 2.91. The highest BCUT2D eigenvalue weighted by Crippen LogP contribution is 2.43. The molecule has 8 unspecified atom stereocenters. The molecule has 0 aliphatic carbocycles. The molecule has 0 aromatic heterocycles. The Morgan fingerprint density at radius 1 is 0.462 bits per heavy atom. The van der Waals surface area contributed by atoms with E-state index in [1.165, 1.54) is 116 Å². The topological polar surface area (TPSA) is 0 Å². The van der Waals surface area contributed by atoms with Crippen molar-refractivity contribution in [2.45, 2.75) is 199 Å². The first-order valence-electron chi connectivity index (χ1n) is 18.4. The molecule has 0 rings (SSSR count). The van der Waals surface area contributed by atoms with E-state index in [0.29, 0.717) is 5.41 Å². The van der Waals surface area contributed by atoms with Crippen LogP contribution in [0.1, 0.15) is 199 Å². The van der Waals surface area contributed by atoms with E-state index in [1.54, 1.807) is 0 Å². The maximum atomic E-state index is 2.55. The lowest BCUT2D eigenvalue weighted by Gasteiger charge is -2.42. The van der Waals surface area contributed by atoms with Crippen LogP contribution in [-0.2, 0) is 0 Å². The van der Waals surface area contributed by atoms with Crippen LogP contribution in [0.2, 0.25) is 0 Å². The van der Waals surface area contributed by atoms with Gasteiger partial charge in [-0.15, -0.1) is 0 Å². The summed E-state index contributed by atoms with van der Waals surface area (Å²) in [7, 11) is 0. The zero-order valence-corrected chi connectivity index (χ0v) is 29.8.